The van der Waals surface area contributed by atoms with Gasteiger partial charge in [0.1, 0.15) is 5.69 Å². The smallest absolute Gasteiger partial charge is 0.273 e. The molecule has 0 N–H and O–H groups in total. The Hall–Kier alpha value is -0.900. The molecule has 1 fully saturated rings. The van der Waals surface area contributed by atoms with E-state index in [2.05, 4.69) is 27.8 Å². The Balaban J connectivity index is 2.04. The Morgan fingerprint density at radius 1 is 1.69 bits per heavy atom. The van der Waals surface area contributed by atoms with Crippen molar-refractivity contribution in [3.63, 3.8) is 0 Å². The molecule has 86 valence electrons. The van der Waals surface area contributed by atoms with Crippen LogP contribution < -0.4 is 0 Å². The molecule has 1 aromatic rings. The van der Waals surface area contributed by atoms with Crippen LogP contribution in [0.4, 0.5) is 0 Å². The minimum absolute atomic E-state index is 0.00780. The molecular weight excluding hydrogens is 268 g/mol. The average Bonchev–Trinajstić information content (AvgIpc) is 2.94. The molecule has 2 unspecified atom stereocenters. The number of nitrogens with zero attached hydrogens (tertiary/aromatic N) is 2. The highest BCUT2D eigenvalue weighted by Crippen LogP contribution is 2.38. The predicted octanol–water partition coefficient (Wildman–Crippen LogP) is 2.57. The van der Waals surface area contributed by atoms with Crippen LogP contribution in [0.25, 0.3) is 0 Å². The number of amides is 1. The molecule has 4 heteroatoms. The van der Waals surface area contributed by atoms with Gasteiger partial charge in [0.2, 0.25) is 0 Å². The van der Waals surface area contributed by atoms with E-state index in [1.165, 1.54) is 6.42 Å². The highest BCUT2D eigenvalue weighted by atomic mass is 79.9. The summed E-state index contributed by atoms with van der Waals surface area (Å²) in [7, 11) is 1.84. The maximum Gasteiger partial charge on any atom is 0.273 e. The summed E-state index contributed by atoms with van der Waals surface area (Å²) in [4.78, 5) is 17.9. The Morgan fingerprint density at radius 2 is 2.38 bits per heavy atom. The summed E-state index contributed by atoms with van der Waals surface area (Å²) in [5, 5.41) is 0. The van der Waals surface area contributed by atoms with E-state index >= 15 is 0 Å². The Bertz CT molecular complexity index is 408. The minimum atomic E-state index is -0.00780. The highest BCUT2D eigenvalue weighted by molar-refractivity contribution is 9.10. The molecule has 0 radical (unpaired) electrons. The van der Waals surface area contributed by atoms with Gasteiger partial charge in [-0.25, -0.2) is 4.98 Å². The molecule has 1 heterocycles. The predicted molar refractivity (Wildman–Crippen MR) is 66.2 cm³/mol. The van der Waals surface area contributed by atoms with Gasteiger partial charge in [-0.2, -0.15) is 0 Å². The molecule has 0 spiro atoms. The van der Waals surface area contributed by atoms with E-state index in [4.69, 9.17) is 0 Å². The van der Waals surface area contributed by atoms with E-state index < -0.39 is 0 Å². The molecule has 0 saturated heterocycles. The number of halogens is 1. The van der Waals surface area contributed by atoms with E-state index in [-0.39, 0.29) is 5.91 Å². The van der Waals surface area contributed by atoms with Crippen LogP contribution in [-0.2, 0) is 0 Å². The van der Waals surface area contributed by atoms with Crippen molar-refractivity contribution in [2.75, 3.05) is 13.6 Å². The van der Waals surface area contributed by atoms with E-state index in [1.54, 1.807) is 11.1 Å². The molecule has 16 heavy (non-hydrogen) atoms. The van der Waals surface area contributed by atoms with Crippen molar-refractivity contribution in [3.05, 3.63) is 28.5 Å². The first-order valence-electron chi connectivity index (χ1n) is 5.45. The van der Waals surface area contributed by atoms with Gasteiger partial charge in [0.05, 0.1) is 0 Å². The summed E-state index contributed by atoms with van der Waals surface area (Å²) in [5.74, 6) is 1.44. The summed E-state index contributed by atoms with van der Waals surface area (Å²) in [6.07, 6.45) is 2.88. The monoisotopic (exact) mass is 282 g/mol. The number of rotatable bonds is 3. The molecule has 1 amide bonds. The molecule has 1 saturated carbocycles. The van der Waals surface area contributed by atoms with Gasteiger partial charge in [-0.3, -0.25) is 4.79 Å². The maximum absolute atomic E-state index is 12.1. The van der Waals surface area contributed by atoms with Gasteiger partial charge in [0.15, 0.2) is 0 Å². The van der Waals surface area contributed by atoms with Crippen molar-refractivity contribution in [2.24, 2.45) is 11.8 Å². The third-order valence-electron chi connectivity index (χ3n) is 3.09. The fourth-order valence-corrected chi connectivity index (χ4v) is 2.24. The fraction of sp³-hybridized carbons (Fsp3) is 0.500. The maximum atomic E-state index is 12.1. The Kier molecular flexibility index (Phi) is 3.28. The van der Waals surface area contributed by atoms with Crippen molar-refractivity contribution in [1.29, 1.82) is 0 Å². The summed E-state index contributed by atoms with van der Waals surface area (Å²) in [5.41, 5.74) is 0.498. The van der Waals surface area contributed by atoms with Gasteiger partial charge in [-0.05, 0) is 46.3 Å². The molecular formula is C12H15BrN2O. The number of hydrogen-bond donors (Lipinski definition) is 0. The molecule has 1 aliphatic carbocycles. The molecule has 2 rings (SSSR count). The quantitative estimate of drug-likeness (QED) is 0.854. The normalized spacial score (nSPS) is 22.9. The second-order valence-corrected chi connectivity index (χ2v) is 5.35. The van der Waals surface area contributed by atoms with Crippen molar-refractivity contribution in [2.45, 2.75) is 13.3 Å². The Morgan fingerprint density at radius 3 is 2.94 bits per heavy atom. The third kappa shape index (κ3) is 2.43. The largest absolute Gasteiger partial charge is 0.340 e. The zero-order chi connectivity index (χ0) is 11.7. The van der Waals surface area contributed by atoms with E-state index in [0.717, 1.165) is 16.9 Å². The van der Waals surface area contributed by atoms with Gasteiger partial charge in [0.25, 0.3) is 5.91 Å². The zero-order valence-corrected chi connectivity index (χ0v) is 11.1. The first kappa shape index (κ1) is 11.6. The lowest BCUT2D eigenvalue weighted by atomic mass is 10.3. The van der Waals surface area contributed by atoms with Gasteiger partial charge < -0.3 is 4.90 Å². The average molecular weight is 283 g/mol. The number of hydrogen-bond acceptors (Lipinski definition) is 2. The topological polar surface area (TPSA) is 33.2 Å². The molecule has 1 aliphatic rings. The minimum Gasteiger partial charge on any atom is -0.340 e. The molecule has 0 bridgehead atoms. The van der Waals surface area contributed by atoms with Crippen LogP contribution in [0.3, 0.4) is 0 Å². The molecule has 3 nitrogen and oxygen atoms in total. The Labute approximate surface area is 104 Å². The summed E-state index contributed by atoms with van der Waals surface area (Å²) in [6.45, 7) is 3.06. The van der Waals surface area contributed by atoms with E-state index in [0.29, 0.717) is 11.6 Å². The second-order valence-electron chi connectivity index (χ2n) is 4.49. The van der Waals surface area contributed by atoms with Crippen LogP contribution >= 0.6 is 15.9 Å². The summed E-state index contributed by atoms with van der Waals surface area (Å²) >= 11 is 3.35. The lowest BCUT2D eigenvalue weighted by Gasteiger charge is -2.17. The van der Waals surface area contributed by atoms with Crippen molar-refractivity contribution in [3.8, 4) is 0 Å². The number of carbonyl (C=O) groups excluding carboxylic acids is 1. The third-order valence-corrected chi connectivity index (χ3v) is 3.73. The van der Waals surface area contributed by atoms with Gasteiger partial charge >= 0.3 is 0 Å². The van der Waals surface area contributed by atoms with Crippen molar-refractivity contribution >= 4 is 21.8 Å². The molecule has 1 aromatic heterocycles. The van der Waals surface area contributed by atoms with Gasteiger partial charge in [0, 0.05) is 24.3 Å². The molecule has 2 atom stereocenters. The molecule has 0 aromatic carbocycles. The van der Waals surface area contributed by atoms with Crippen LogP contribution in [0.15, 0.2) is 22.8 Å². The van der Waals surface area contributed by atoms with Crippen LogP contribution in [0, 0.1) is 11.8 Å². The first-order valence-corrected chi connectivity index (χ1v) is 6.25. The standard InChI is InChI=1S/C12H15BrN2O/c1-8-6-9(8)7-15(2)12(16)11-10(13)4-3-5-14-11/h3-5,8-9H,6-7H2,1-2H3. The van der Waals surface area contributed by atoms with Crippen molar-refractivity contribution in [1.82, 2.24) is 9.88 Å². The zero-order valence-electron chi connectivity index (χ0n) is 9.48. The number of aromatic nitrogens is 1. The fourth-order valence-electron chi connectivity index (χ4n) is 1.81. The van der Waals surface area contributed by atoms with Crippen LogP contribution in [0.2, 0.25) is 0 Å². The lowest BCUT2D eigenvalue weighted by Crippen LogP contribution is -2.30. The van der Waals surface area contributed by atoms with Gasteiger partial charge in [-0.15, -0.1) is 0 Å². The van der Waals surface area contributed by atoms with E-state index in [9.17, 15) is 4.79 Å². The van der Waals surface area contributed by atoms with E-state index in [1.807, 2.05) is 19.2 Å². The SMILES string of the molecule is CC1CC1CN(C)C(=O)c1ncccc1Br. The van der Waals surface area contributed by atoms with Crippen LogP contribution in [0.1, 0.15) is 23.8 Å². The van der Waals surface area contributed by atoms with Gasteiger partial charge in [-0.1, -0.05) is 6.92 Å². The second kappa shape index (κ2) is 4.53. The highest BCUT2D eigenvalue weighted by Gasteiger charge is 2.34. The lowest BCUT2D eigenvalue weighted by molar-refractivity contribution is 0.0780. The molecule has 0 aliphatic heterocycles. The van der Waals surface area contributed by atoms with Crippen LogP contribution in [0.5, 0.6) is 0 Å². The van der Waals surface area contributed by atoms with Crippen molar-refractivity contribution < 1.29 is 4.79 Å². The van der Waals surface area contributed by atoms with Crippen LogP contribution in [-0.4, -0.2) is 29.4 Å². The number of carbonyl (C=O) groups is 1. The number of pyridine rings is 1. The summed E-state index contributed by atoms with van der Waals surface area (Å²) < 4.78 is 0.760. The summed E-state index contributed by atoms with van der Waals surface area (Å²) in [6, 6.07) is 3.65. The first-order chi connectivity index (χ1) is 7.59.